The molecule has 4 nitrogen and oxygen atoms in total. The van der Waals surface area contributed by atoms with E-state index >= 15 is 0 Å². The van der Waals surface area contributed by atoms with Crippen LogP contribution in [0.25, 0.3) is 10.9 Å². The molecule has 0 saturated heterocycles. The van der Waals surface area contributed by atoms with Gasteiger partial charge in [-0.05, 0) is 24.3 Å². The summed E-state index contributed by atoms with van der Waals surface area (Å²) >= 11 is 11.6. The molecule has 0 unspecified atom stereocenters. The Hall–Kier alpha value is -1.85. The third kappa shape index (κ3) is 2.22. The number of hydrogen-bond acceptors (Lipinski definition) is 3. The first-order chi connectivity index (χ1) is 9.15. The van der Waals surface area contributed by atoms with Crippen LogP contribution in [0.15, 0.2) is 30.5 Å². The second-order valence-electron chi connectivity index (χ2n) is 3.85. The molecular weight excluding hydrogens is 290 g/mol. The maximum absolute atomic E-state index is 13.3. The zero-order valence-corrected chi connectivity index (χ0v) is 10.9. The lowest BCUT2D eigenvalue weighted by Gasteiger charge is -2.03. The molecule has 0 aliphatic rings. The van der Waals surface area contributed by atoms with Crippen LogP contribution in [0.3, 0.4) is 0 Å². The van der Waals surface area contributed by atoms with Crippen molar-refractivity contribution in [3.63, 3.8) is 0 Å². The number of H-pyrrole nitrogens is 1. The predicted molar refractivity (Wildman–Crippen MR) is 73.6 cm³/mol. The number of pyridine rings is 1. The quantitative estimate of drug-likeness (QED) is 0.699. The fourth-order valence-corrected chi connectivity index (χ4v) is 2.03. The van der Waals surface area contributed by atoms with Crippen molar-refractivity contribution in [1.29, 1.82) is 0 Å². The summed E-state index contributed by atoms with van der Waals surface area (Å²) in [5.41, 5.74) is 1.17. The van der Waals surface area contributed by atoms with Gasteiger partial charge in [-0.2, -0.15) is 5.10 Å². The summed E-state index contributed by atoms with van der Waals surface area (Å²) in [6, 6.07) is 6.32. The SMILES string of the molecule is Fc1ccc2c(Nc3ccc(Cl)nc3)n[nH]c2c1Cl. The number of nitrogens with zero attached hydrogens (tertiary/aromatic N) is 2. The van der Waals surface area contributed by atoms with Gasteiger partial charge in [-0.15, -0.1) is 0 Å². The Morgan fingerprint density at radius 1 is 1.16 bits per heavy atom. The molecule has 2 heterocycles. The molecule has 0 spiro atoms. The van der Waals surface area contributed by atoms with Crippen LogP contribution in [-0.2, 0) is 0 Å². The molecular formula is C12H7Cl2FN4. The van der Waals surface area contributed by atoms with Gasteiger partial charge in [0.05, 0.1) is 17.4 Å². The molecule has 0 aliphatic carbocycles. The number of rotatable bonds is 2. The summed E-state index contributed by atoms with van der Waals surface area (Å²) in [4.78, 5) is 3.95. The molecule has 1 aromatic carbocycles. The highest BCUT2D eigenvalue weighted by Crippen LogP contribution is 2.30. The van der Waals surface area contributed by atoms with E-state index in [1.54, 1.807) is 24.4 Å². The van der Waals surface area contributed by atoms with Gasteiger partial charge in [-0.1, -0.05) is 23.2 Å². The minimum absolute atomic E-state index is 0.0206. The van der Waals surface area contributed by atoms with E-state index in [4.69, 9.17) is 23.2 Å². The zero-order valence-electron chi connectivity index (χ0n) is 9.42. The molecule has 7 heteroatoms. The highest BCUT2D eigenvalue weighted by molar-refractivity contribution is 6.35. The van der Waals surface area contributed by atoms with Gasteiger partial charge >= 0.3 is 0 Å². The van der Waals surface area contributed by atoms with Crippen LogP contribution in [0, 0.1) is 5.82 Å². The molecule has 0 saturated carbocycles. The number of anilines is 2. The predicted octanol–water partition coefficient (Wildman–Crippen LogP) is 4.15. The summed E-state index contributed by atoms with van der Waals surface area (Å²) in [7, 11) is 0. The summed E-state index contributed by atoms with van der Waals surface area (Å²) < 4.78 is 13.3. The molecule has 0 radical (unpaired) electrons. The molecule has 0 bridgehead atoms. The van der Waals surface area contributed by atoms with E-state index < -0.39 is 5.82 Å². The van der Waals surface area contributed by atoms with Crippen molar-refractivity contribution in [3.05, 3.63) is 46.5 Å². The molecule has 2 aromatic heterocycles. The maximum Gasteiger partial charge on any atom is 0.160 e. The Morgan fingerprint density at radius 2 is 2.00 bits per heavy atom. The van der Waals surface area contributed by atoms with Gasteiger partial charge in [-0.25, -0.2) is 9.37 Å². The second-order valence-corrected chi connectivity index (χ2v) is 4.62. The summed E-state index contributed by atoms with van der Waals surface area (Å²) in [6.45, 7) is 0. The Bertz CT molecular complexity index is 739. The van der Waals surface area contributed by atoms with Crippen LogP contribution in [0.1, 0.15) is 0 Å². The number of halogens is 3. The number of benzene rings is 1. The normalized spacial score (nSPS) is 10.9. The second kappa shape index (κ2) is 4.68. The van der Waals surface area contributed by atoms with Gasteiger partial charge < -0.3 is 5.32 Å². The van der Waals surface area contributed by atoms with Crippen molar-refractivity contribution >= 4 is 45.6 Å². The first-order valence-corrected chi connectivity index (χ1v) is 6.11. The minimum atomic E-state index is -0.488. The number of nitrogens with one attached hydrogen (secondary N) is 2. The molecule has 19 heavy (non-hydrogen) atoms. The Labute approximate surface area is 117 Å². The highest BCUT2D eigenvalue weighted by Gasteiger charge is 2.11. The fraction of sp³-hybridized carbons (Fsp3) is 0. The number of aromatic nitrogens is 3. The molecule has 0 fully saturated rings. The summed E-state index contributed by atoms with van der Waals surface area (Å²) in [5, 5.41) is 10.9. The maximum atomic E-state index is 13.3. The van der Waals surface area contributed by atoms with Crippen molar-refractivity contribution < 1.29 is 4.39 Å². The van der Waals surface area contributed by atoms with E-state index in [-0.39, 0.29) is 5.02 Å². The topological polar surface area (TPSA) is 53.6 Å². The van der Waals surface area contributed by atoms with Gasteiger partial charge in [0, 0.05) is 5.39 Å². The lowest BCUT2D eigenvalue weighted by molar-refractivity contribution is 0.630. The number of fused-ring (bicyclic) bond motifs is 1. The van der Waals surface area contributed by atoms with Crippen molar-refractivity contribution in [1.82, 2.24) is 15.2 Å². The van der Waals surface area contributed by atoms with Gasteiger partial charge in [0.1, 0.15) is 16.0 Å². The summed E-state index contributed by atoms with van der Waals surface area (Å²) in [6.07, 6.45) is 1.58. The van der Waals surface area contributed by atoms with Gasteiger partial charge in [0.25, 0.3) is 0 Å². The molecule has 0 amide bonds. The molecule has 3 rings (SSSR count). The van der Waals surface area contributed by atoms with Crippen molar-refractivity contribution in [2.45, 2.75) is 0 Å². The largest absolute Gasteiger partial charge is 0.337 e. The lowest BCUT2D eigenvalue weighted by Crippen LogP contribution is -1.91. The van der Waals surface area contributed by atoms with Crippen molar-refractivity contribution in [3.8, 4) is 0 Å². The van der Waals surface area contributed by atoms with E-state index in [1.165, 1.54) is 6.07 Å². The number of hydrogen-bond donors (Lipinski definition) is 2. The lowest BCUT2D eigenvalue weighted by atomic mass is 10.2. The van der Waals surface area contributed by atoms with E-state index in [9.17, 15) is 4.39 Å². The van der Waals surface area contributed by atoms with Gasteiger partial charge in [0.2, 0.25) is 0 Å². The monoisotopic (exact) mass is 296 g/mol. The average molecular weight is 297 g/mol. The smallest absolute Gasteiger partial charge is 0.160 e. The highest BCUT2D eigenvalue weighted by atomic mass is 35.5. The molecule has 0 atom stereocenters. The Morgan fingerprint density at radius 3 is 2.74 bits per heavy atom. The summed E-state index contributed by atoms with van der Waals surface area (Å²) in [5.74, 6) is 0.0542. The zero-order chi connectivity index (χ0) is 13.4. The van der Waals surface area contributed by atoms with E-state index in [0.717, 1.165) is 5.69 Å². The minimum Gasteiger partial charge on any atom is -0.337 e. The van der Waals surface area contributed by atoms with Crippen LogP contribution in [-0.4, -0.2) is 15.2 Å². The third-order valence-corrected chi connectivity index (χ3v) is 3.21. The van der Waals surface area contributed by atoms with E-state index in [1.807, 2.05) is 0 Å². The Balaban J connectivity index is 2.02. The van der Waals surface area contributed by atoms with Crippen LogP contribution in [0.4, 0.5) is 15.9 Å². The average Bonchev–Trinajstić information content (AvgIpc) is 2.80. The van der Waals surface area contributed by atoms with E-state index in [0.29, 0.717) is 21.9 Å². The molecule has 0 aliphatic heterocycles. The molecule has 3 aromatic rings. The standard InChI is InChI=1S/C12H7Cl2FN4/c13-9-4-1-6(5-16-9)17-12-7-2-3-8(15)10(14)11(7)18-19-12/h1-5H,(H2,17,18,19). The molecule has 2 N–H and O–H groups in total. The van der Waals surface area contributed by atoms with Crippen LogP contribution >= 0.6 is 23.2 Å². The van der Waals surface area contributed by atoms with Crippen molar-refractivity contribution in [2.75, 3.05) is 5.32 Å². The van der Waals surface area contributed by atoms with Crippen molar-refractivity contribution in [2.24, 2.45) is 0 Å². The van der Waals surface area contributed by atoms with Gasteiger partial charge in [-0.3, -0.25) is 5.10 Å². The van der Waals surface area contributed by atoms with Crippen LogP contribution in [0.2, 0.25) is 10.2 Å². The fourth-order valence-electron chi connectivity index (χ4n) is 1.71. The first-order valence-electron chi connectivity index (χ1n) is 5.36. The first kappa shape index (κ1) is 12.2. The Kier molecular flexibility index (Phi) is 3.00. The van der Waals surface area contributed by atoms with Crippen LogP contribution in [0.5, 0.6) is 0 Å². The van der Waals surface area contributed by atoms with Gasteiger partial charge in [0.15, 0.2) is 5.82 Å². The number of aromatic amines is 1. The molecule has 96 valence electrons. The third-order valence-electron chi connectivity index (χ3n) is 2.62. The van der Waals surface area contributed by atoms with E-state index in [2.05, 4.69) is 20.5 Å². The van der Waals surface area contributed by atoms with Crippen LogP contribution < -0.4 is 5.32 Å².